The minimum absolute atomic E-state index is 0.479. The number of thiophene rings is 1. The fraction of sp³-hybridized carbons (Fsp3) is 0.156. The second kappa shape index (κ2) is 10.0. The van der Waals surface area contributed by atoms with E-state index in [9.17, 15) is 4.79 Å². The van der Waals surface area contributed by atoms with Gasteiger partial charge in [0.1, 0.15) is 6.10 Å². The molecule has 1 heterocycles. The van der Waals surface area contributed by atoms with Gasteiger partial charge >= 0.3 is 6.09 Å². The largest absolute Gasteiger partial charge is 0.441 e. The molecule has 1 aliphatic carbocycles. The van der Waals surface area contributed by atoms with Crippen LogP contribution in [0.15, 0.2) is 97.1 Å². The van der Waals surface area contributed by atoms with Crippen LogP contribution in [0.3, 0.4) is 0 Å². The quantitative estimate of drug-likeness (QED) is 0.240. The Labute approximate surface area is 225 Å². The summed E-state index contributed by atoms with van der Waals surface area (Å²) in [6, 6.07) is 33.0. The standard InChI is InChI=1S/C32H26ClNO2S/c1-20(26-6-2-4-8-28(26)33)36-32(35)34-30-27-7-3-5-9-29(27)37-31(30)25-18-16-24(17-19-25)23-14-12-22(13-15-23)21-10-11-21/h2-9,12-21H,10-11H2,1H3,(H,34,35)/t20-/m1/s1. The lowest BCUT2D eigenvalue weighted by atomic mass is 10.0. The van der Waals surface area contributed by atoms with Crippen molar-refractivity contribution in [1.82, 2.24) is 0 Å². The number of ether oxygens (including phenoxy) is 1. The zero-order chi connectivity index (χ0) is 25.4. The Hall–Kier alpha value is -3.60. The van der Waals surface area contributed by atoms with Crippen LogP contribution >= 0.6 is 22.9 Å². The molecule has 5 aromatic rings. The number of nitrogens with one attached hydrogen (secondary N) is 1. The number of amides is 1. The first kappa shape index (κ1) is 23.8. The number of fused-ring (bicyclic) bond motifs is 1. The van der Waals surface area contributed by atoms with E-state index in [4.69, 9.17) is 16.3 Å². The summed E-state index contributed by atoms with van der Waals surface area (Å²) in [5.41, 5.74) is 6.41. The maximum Gasteiger partial charge on any atom is 0.412 e. The Morgan fingerprint density at radius 1 is 0.865 bits per heavy atom. The van der Waals surface area contributed by atoms with Crippen molar-refractivity contribution in [3.05, 3.63) is 113 Å². The summed E-state index contributed by atoms with van der Waals surface area (Å²) in [4.78, 5) is 14.0. The number of benzene rings is 4. The first-order chi connectivity index (χ1) is 18.1. The lowest BCUT2D eigenvalue weighted by Gasteiger charge is -2.16. The predicted octanol–water partition coefficient (Wildman–Crippen LogP) is 10.1. The van der Waals surface area contributed by atoms with Crippen molar-refractivity contribution in [3.8, 4) is 21.6 Å². The van der Waals surface area contributed by atoms with Gasteiger partial charge < -0.3 is 4.74 Å². The SMILES string of the molecule is C[C@@H](OC(=O)Nc1c(-c2ccc(-c3ccc(C4CC4)cc3)cc2)sc2ccccc12)c1ccccc1Cl. The number of rotatable bonds is 6. The van der Waals surface area contributed by atoms with E-state index < -0.39 is 12.2 Å². The number of halogens is 1. The van der Waals surface area contributed by atoms with Gasteiger partial charge in [0.05, 0.1) is 10.6 Å². The fourth-order valence-electron chi connectivity index (χ4n) is 4.71. The minimum atomic E-state index is -0.510. The third-order valence-corrected chi connectivity index (χ3v) is 8.45. The average molecular weight is 524 g/mol. The highest BCUT2D eigenvalue weighted by atomic mass is 35.5. The molecule has 184 valence electrons. The molecule has 1 N–H and O–H groups in total. The summed E-state index contributed by atoms with van der Waals surface area (Å²) < 4.78 is 6.81. The molecule has 0 unspecified atom stereocenters. The van der Waals surface area contributed by atoms with E-state index in [-0.39, 0.29) is 0 Å². The Bertz CT molecular complexity index is 1570. The second-order valence-corrected chi connectivity index (χ2v) is 10.9. The van der Waals surface area contributed by atoms with Gasteiger partial charge in [-0.25, -0.2) is 4.79 Å². The highest BCUT2D eigenvalue weighted by Crippen LogP contribution is 2.44. The Balaban J connectivity index is 1.27. The molecule has 0 bridgehead atoms. The molecule has 1 fully saturated rings. The Morgan fingerprint density at radius 2 is 1.49 bits per heavy atom. The van der Waals surface area contributed by atoms with E-state index in [1.54, 1.807) is 17.4 Å². The van der Waals surface area contributed by atoms with Crippen molar-refractivity contribution >= 4 is 44.8 Å². The van der Waals surface area contributed by atoms with Crippen molar-refractivity contribution in [2.45, 2.75) is 31.8 Å². The van der Waals surface area contributed by atoms with E-state index >= 15 is 0 Å². The van der Waals surface area contributed by atoms with Crippen molar-refractivity contribution in [2.24, 2.45) is 0 Å². The molecule has 0 saturated heterocycles. The zero-order valence-electron chi connectivity index (χ0n) is 20.4. The van der Waals surface area contributed by atoms with Crippen LogP contribution < -0.4 is 5.32 Å². The highest BCUT2D eigenvalue weighted by Gasteiger charge is 2.23. The number of carbonyl (C=O) groups is 1. The van der Waals surface area contributed by atoms with Crippen molar-refractivity contribution in [3.63, 3.8) is 0 Å². The number of hydrogen-bond acceptors (Lipinski definition) is 3. The van der Waals surface area contributed by atoms with E-state index in [1.807, 2.05) is 43.3 Å². The van der Waals surface area contributed by atoms with Crippen LogP contribution in [-0.4, -0.2) is 6.09 Å². The molecule has 0 radical (unpaired) electrons. The van der Waals surface area contributed by atoms with Crippen LogP contribution in [-0.2, 0) is 4.74 Å². The summed E-state index contributed by atoms with van der Waals surface area (Å²) in [5.74, 6) is 0.759. The van der Waals surface area contributed by atoms with Gasteiger partial charge in [-0.3, -0.25) is 5.32 Å². The molecule has 5 heteroatoms. The van der Waals surface area contributed by atoms with Gasteiger partial charge in [0, 0.05) is 20.7 Å². The maximum atomic E-state index is 13.0. The second-order valence-electron chi connectivity index (χ2n) is 9.47. The molecule has 1 amide bonds. The van der Waals surface area contributed by atoms with Crippen LogP contribution in [0.1, 0.15) is 42.9 Å². The van der Waals surface area contributed by atoms with E-state index in [1.165, 1.54) is 29.5 Å². The summed E-state index contributed by atoms with van der Waals surface area (Å²) >= 11 is 7.96. The molecule has 1 aromatic heterocycles. The molecule has 0 spiro atoms. The van der Waals surface area contributed by atoms with Crippen molar-refractivity contribution < 1.29 is 9.53 Å². The first-order valence-electron chi connectivity index (χ1n) is 12.5. The average Bonchev–Trinajstić information content (AvgIpc) is 3.71. The Kier molecular flexibility index (Phi) is 6.45. The fourth-order valence-corrected chi connectivity index (χ4v) is 6.16. The molecule has 1 saturated carbocycles. The molecular weight excluding hydrogens is 498 g/mol. The van der Waals surface area contributed by atoms with Crippen LogP contribution in [0.2, 0.25) is 5.02 Å². The highest BCUT2D eigenvalue weighted by molar-refractivity contribution is 7.23. The van der Waals surface area contributed by atoms with Crippen LogP contribution in [0.25, 0.3) is 31.7 Å². The molecule has 37 heavy (non-hydrogen) atoms. The normalized spacial score (nSPS) is 13.9. The van der Waals surface area contributed by atoms with E-state index in [0.717, 1.165) is 37.7 Å². The van der Waals surface area contributed by atoms with Gasteiger partial charge in [-0.2, -0.15) is 0 Å². The summed E-state index contributed by atoms with van der Waals surface area (Å²) in [5, 5.41) is 4.59. The third-order valence-electron chi connectivity index (χ3n) is 6.89. The summed E-state index contributed by atoms with van der Waals surface area (Å²) in [7, 11) is 0. The molecule has 4 aromatic carbocycles. The lowest BCUT2D eigenvalue weighted by molar-refractivity contribution is 0.121. The number of hydrogen-bond donors (Lipinski definition) is 1. The van der Waals surface area contributed by atoms with Gasteiger partial charge in [0.15, 0.2) is 0 Å². The molecule has 6 rings (SSSR count). The van der Waals surface area contributed by atoms with Crippen LogP contribution in [0.4, 0.5) is 10.5 Å². The van der Waals surface area contributed by atoms with Gasteiger partial charge in [-0.1, -0.05) is 96.5 Å². The third kappa shape index (κ3) is 5.00. The topological polar surface area (TPSA) is 38.3 Å². The molecular formula is C32H26ClNO2S. The lowest BCUT2D eigenvalue weighted by Crippen LogP contribution is -2.16. The van der Waals surface area contributed by atoms with Crippen molar-refractivity contribution in [2.75, 3.05) is 5.32 Å². The Morgan fingerprint density at radius 3 is 2.19 bits per heavy atom. The van der Waals surface area contributed by atoms with E-state index in [0.29, 0.717) is 5.02 Å². The van der Waals surface area contributed by atoms with Crippen LogP contribution in [0.5, 0.6) is 0 Å². The number of anilines is 1. The molecule has 3 nitrogen and oxygen atoms in total. The van der Waals surface area contributed by atoms with Gasteiger partial charge in [0.2, 0.25) is 0 Å². The van der Waals surface area contributed by atoms with E-state index in [2.05, 4.69) is 59.9 Å². The van der Waals surface area contributed by atoms with Gasteiger partial charge in [0.25, 0.3) is 0 Å². The van der Waals surface area contributed by atoms with Gasteiger partial charge in [-0.15, -0.1) is 11.3 Å². The zero-order valence-corrected chi connectivity index (χ0v) is 22.0. The van der Waals surface area contributed by atoms with Crippen LogP contribution in [0, 0.1) is 0 Å². The maximum absolute atomic E-state index is 13.0. The first-order valence-corrected chi connectivity index (χ1v) is 13.7. The molecule has 1 aliphatic rings. The molecule has 0 aliphatic heterocycles. The smallest absolute Gasteiger partial charge is 0.412 e. The monoisotopic (exact) mass is 523 g/mol. The number of carbonyl (C=O) groups excluding carboxylic acids is 1. The summed E-state index contributed by atoms with van der Waals surface area (Å²) in [6.07, 6.45) is 1.63. The summed E-state index contributed by atoms with van der Waals surface area (Å²) in [6.45, 7) is 1.82. The van der Waals surface area contributed by atoms with Crippen molar-refractivity contribution in [1.29, 1.82) is 0 Å². The predicted molar refractivity (Wildman–Crippen MR) is 155 cm³/mol. The molecule has 1 atom stereocenters. The minimum Gasteiger partial charge on any atom is -0.441 e. The van der Waals surface area contributed by atoms with Gasteiger partial charge in [-0.05, 0) is 60.1 Å².